The lowest BCUT2D eigenvalue weighted by Crippen LogP contribution is -2.14. The molecule has 0 aliphatic heterocycles. The van der Waals surface area contributed by atoms with Crippen molar-refractivity contribution in [3.05, 3.63) is 35.1 Å². The molecule has 1 N–H and O–H groups in total. The molecule has 1 nitrogen and oxygen atoms in total. The minimum absolute atomic E-state index is 0.213. The average molecular weight is 177 g/mol. The predicted molar refractivity (Wildman–Crippen MR) is 51.8 cm³/mol. The summed E-state index contributed by atoms with van der Waals surface area (Å²) in [4.78, 5) is 0. The fraction of sp³-hybridized carbons (Fsp3) is 0.273. The molecule has 68 valence electrons. The van der Waals surface area contributed by atoms with Crippen molar-refractivity contribution in [1.82, 2.24) is 5.32 Å². The van der Waals surface area contributed by atoms with Gasteiger partial charge in [-0.25, -0.2) is 4.39 Å². The highest BCUT2D eigenvalue weighted by atomic mass is 19.1. The van der Waals surface area contributed by atoms with E-state index in [2.05, 4.69) is 11.2 Å². The van der Waals surface area contributed by atoms with Crippen molar-refractivity contribution < 1.29 is 4.39 Å². The Morgan fingerprint density at radius 1 is 1.54 bits per heavy atom. The van der Waals surface area contributed by atoms with Gasteiger partial charge in [-0.15, -0.1) is 6.42 Å². The molecule has 0 bridgehead atoms. The molecule has 1 unspecified atom stereocenters. The normalized spacial score (nSPS) is 12.2. The Bertz CT molecular complexity index is 338. The predicted octanol–water partition coefficient (Wildman–Crippen LogP) is 2.03. The molecule has 1 rings (SSSR count). The van der Waals surface area contributed by atoms with Crippen molar-refractivity contribution in [2.45, 2.75) is 13.0 Å². The Morgan fingerprint density at radius 3 is 2.69 bits per heavy atom. The van der Waals surface area contributed by atoms with Crippen LogP contribution in [0.1, 0.15) is 17.2 Å². The summed E-state index contributed by atoms with van der Waals surface area (Å²) in [5.41, 5.74) is 1.42. The highest BCUT2D eigenvalue weighted by Crippen LogP contribution is 2.15. The first-order valence-corrected chi connectivity index (χ1v) is 4.08. The molecule has 0 amide bonds. The molecule has 13 heavy (non-hydrogen) atoms. The zero-order valence-electron chi connectivity index (χ0n) is 7.76. The quantitative estimate of drug-likeness (QED) is 0.681. The van der Waals surface area contributed by atoms with E-state index in [-0.39, 0.29) is 11.9 Å². The van der Waals surface area contributed by atoms with Crippen LogP contribution in [0.5, 0.6) is 0 Å². The van der Waals surface area contributed by atoms with Crippen molar-refractivity contribution in [3.63, 3.8) is 0 Å². The van der Waals surface area contributed by atoms with Gasteiger partial charge in [-0.2, -0.15) is 0 Å². The summed E-state index contributed by atoms with van der Waals surface area (Å²) in [5, 5.41) is 2.91. The lowest BCUT2D eigenvalue weighted by Gasteiger charge is -2.10. The highest BCUT2D eigenvalue weighted by Gasteiger charge is 2.06. The molecule has 0 radical (unpaired) electrons. The first-order valence-electron chi connectivity index (χ1n) is 4.08. The lowest BCUT2D eigenvalue weighted by molar-refractivity contribution is 0.611. The van der Waals surface area contributed by atoms with Gasteiger partial charge in [-0.05, 0) is 31.2 Å². The van der Waals surface area contributed by atoms with Crippen LogP contribution in [0.4, 0.5) is 4.39 Å². The fourth-order valence-corrected chi connectivity index (χ4v) is 1.13. The van der Waals surface area contributed by atoms with Crippen LogP contribution in [0.25, 0.3) is 0 Å². The molecule has 0 fully saturated rings. The van der Waals surface area contributed by atoms with E-state index in [1.165, 1.54) is 6.07 Å². The summed E-state index contributed by atoms with van der Waals surface area (Å²) < 4.78 is 13.1. The van der Waals surface area contributed by atoms with Gasteiger partial charge in [0.1, 0.15) is 5.82 Å². The molecule has 0 aliphatic rings. The summed E-state index contributed by atoms with van der Waals surface area (Å²) >= 11 is 0. The van der Waals surface area contributed by atoms with Crippen LogP contribution in [0.2, 0.25) is 0 Å². The molecular weight excluding hydrogens is 165 g/mol. The SMILES string of the molecule is C#CC(NC)c1ccc(C)c(F)c1. The minimum Gasteiger partial charge on any atom is -0.303 e. The van der Waals surface area contributed by atoms with Gasteiger partial charge in [0.15, 0.2) is 0 Å². The summed E-state index contributed by atoms with van der Waals surface area (Å²) in [6, 6.07) is 4.82. The number of hydrogen-bond acceptors (Lipinski definition) is 1. The van der Waals surface area contributed by atoms with Crippen molar-refractivity contribution in [3.8, 4) is 12.3 Å². The van der Waals surface area contributed by atoms with Gasteiger partial charge in [0.25, 0.3) is 0 Å². The van der Waals surface area contributed by atoms with Crippen LogP contribution in [0.15, 0.2) is 18.2 Å². The van der Waals surface area contributed by atoms with E-state index in [1.807, 2.05) is 6.07 Å². The van der Waals surface area contributed by atoms with Gasteiger partial charge in [0.2, 0.25) is 0 Å². The molecule has 0 spiro atoms. The standard InChI is InChI=1S/C11H12FN/c1-4-11(13-3)9-6-5-8(2)10(12)7-9/h1,5-7,11,13H,2-3H3. The van der Waals surface area contributed by atoms with Crippen LogP contribution in [0.3, 0.4) is 0 Å². The number of rotatable bonds is 2. The maximum Gasteiger partial charge on any atom is 0.126 e. The van der Waals surface area contributed by atoms with Gasteiger partial charge < -0.3 is 5.32 Å². The molecule has 0 aliphatic carbocycles. The summed E-state index contributed by atoms with van der Waals surface area (Å²) in [5.74, 6) is 2.32. The van der Waals surface area contributed by atoms with E-state index in [0.29, 0.717) is 5.56 Å². The van der Waals surface area contributed by atoms with E-state index in [0.717, 1.165) is 5.56 Å². The maximum atomic E-state index is 13.1. The first kappa shape index (κ1) is 9.76. The third-order valence-corrected chi connectivity index (χ3v) is 1.98. The van der Waals surface area contributed by atoms with Gasteiger partial charge in [0.05, 0.1) is 6.04 Å². The summed E-state index contributed by atoms with van der Waals surface area (Å²) in [7, 11) is 1.75. The van der Waals surface area contributed by atoms with Crippen molar-refractivity contribution >= 4 is 0 Å². The topological polar surface area (TPSA) is 12.0 Å². The van der Waals surface area contributed by atoms with Crippen LogP contribution < -0.4 is 5.32 Å². The number of terminal acetylenes is 1. The van der Waals surface area contributed by atoms with Crippen molar-refractivity contribution in [2.24, 2.45) is 0 Å². The van der Waals surface area contributed by atoms with Gasteiger partial charge in [-0.3, -0.25) is 0 Å². The molecule has 0 saturated carbocycles. The van der Waals surface area contributed by atoms with Crippen LogP contribution >= 0.6 is 0 Å². The Balaban J connectivity index is 3.04. The van der Waals surface area contributed by atoms with Crippen LogP contribution in [-0.4, -0.2) is 7.05 Å². The van der Waals surface area contributed by atoms with E-state index < -0.39 is 0 Å². The molecule has 0 aromatic heterocycles. The van der Waals surface area contributed by atoms with E-state index in [4.69, 9.17) is 6.42 Å². The van der Waals surface area contributed by atoms with E-state index >= 15 is 0 Å². The number of benzene rings is 1. The summed E-state index contributed by atoms with van der Waals surface area (Å²) in [6.07, 6.45) is 5.27. The highest BCUT2D eigenvalue weighted by molar-refractivity contribution is 5.29. The van der Waals surface area contributed by atoms with Gasteiger partial charge in [-0.1, -0.05) is 18.1 Å². The second-order valence-electron chi connectivity index (χ2n) is 2.90. The molecule has 0 saturated heterocycles. The molecule has 1 aromatic carbocycles. The first-order chi connectivity index (χ1) is 6.19. The average Bonchev–Trinajstić information content (AvgIpc) is 2.13. The van der Waals surface area contributed by atoms with Crippen molar-refractivity contribution in [2.75, 3.05) is 7.05 Å². The zero-order chi connectivity index (χ0) is 9.84. The van der Waals surface area contributed by atoms with Gasteiger partial charge >= 0.3 is 0 Å². The molecular formula is C11H12FN. The molecule has 1 aromatic rings. The fourth-order valence-electron chi connectivity index (χ4n) is 1.13. The minimum atomic E-state index is -0.215. The van der Waals surface area contributed by atoms with E-state index in [1.54, 1.807) is 20.0 Å². The molecule has 2 heteroatoms. The third kappa shape index (κ3) is 2.07. The summed E-state index contributed by atoms with van der Waals surface area (Å²) in [6.45, 7) is 1.73. The number of hydrogen-bond donors (Lipinski definition) is 1. The Kier molecular flexibility index (Phi) is 3.05. The Hall–Kier alpha value is -1.33. The largest absolute Gasteiger partial charge is 0.303 e. The van der Waals surface area contributed by atoms with Gasteiger partial charge in [0, 0.05) is 0 Å². The smallest absolute Gasteiger partial charge is 0.126 e. The third-order valence-electron chi connectivity index (χ3n) is 1.98. The molecule has 1 atom stereocenters. The molecule has 0 heterocycles. The van der Waals surface area contributed by atoms with E-state index in [9.17, 15) is 4.39 Å². The number of aryl methyl sites for hydroxylation is 1. The van der Waals surface area contributed by atoms with Crippen LogP contribution in [-0.2, 0) is 0 Å². The second kappa shape index (κ2) is 4.06. The lowest BCUT2D eigenvalue weighted by atomic mass is 10.1. The Morgan fingerprint density at radius 2 is 2.23 bits per heavy atom. The van der Waals surface area contributed by atoms with Crippen molar-refractivity contribution in [1.29, 1.82) is 0 Å². The number of halogens is 1. The van der Waals surface area contributed by atoms with Crippen LogP contribution in [0, 0.1) is 25.1 Å². The number of nitrogens with one attached hydrogen (secondary N) is 1. The maximum absolute atomic E-state index is 13.1. The monoisotopic (exact) mass is 177 g/mol. The Labute approximate surface area is 78.0 Å². The zero-order valence-corrected chi connectivity index (χ0v) is 7.76. The second-order valence-corrected chi connectivity index (χ2v) is 2.90.